The van der Waals surface area contributed by atoms with E-state index in [1.807, 2.05) is 0 Å². The van der Waals surface area contributed by atoms with Gasteiger partial charge in [0.05, 0.1) is 23.3 Å². The van der Waals surface area contributed by atoms with Crippen LogP contribution in [0.3, 0.4) is 0 Å². The van der Waals surface area contributed by atoms with Crippen LogP contribution in [0.25, 0.3) is 10.9 Å². The Morgan fingerprint density at radius 3 is 2.80 bits per heavy atom. The van der Waals surface area contributed by atoms with Crippen LogP contribution in [-0.2, 0) is 0 Å². The highest BCUT2D eigenvalue weighted by Crippen LogP contribution is 2.06. The van der Waals surface area contributed by atoms with Gasteiger partial charge in [0.1, 0.15) is 4.64 Å². The topological polar surface area (TPSA) is 57.4 Å². The second-order valence-corrected chi connectivity index (χ2v) is 2.30. The van der Waals surface area contributed by atoms with E-state index in [0.29, 0.717) is 4.64 Å². The number of aromatic amines is 2. The molecule has 0 unspecified atom stereocenters. The van der Waals surface area contributed by atoms with Gasteiger partial charge in [-0.05, 0) is 0 Å². The number of aromatic nitrogens is 4. The quantitative estimate of drug-likeness (QED) is 0.554. The van der Waals surface area contributed by atoms with E-state index >= 15 is 0 Å². The van der Waals surface area contributed by atoms with Crippen LogP contribution in [0.4, 0.5) is 0 Å². The maximum absolute atomic E-state index is 4.93. The lowest BCUT2D eigenvalue weighted by molar-refractivity contribution is 1.03. The Labute approximate surface area is 61.3 Å². The monoisotopic (exact) mass is 152 g/mol. The predicted molar refractivity (Wildman–Crippen MR) is 39.1 cm³/mol. The minimum Gasteiger partial charge on any atom is -0.276 e. The number of hydrogen-bond donors (Lipinski definition) is 2. The van der Waals surface area contributed by atoms with E-state index in [9.17, 15) is 0 Å². The Hall–Kier alpha value is -1.23. The van der Waals surface area contributed by atoms with Gasteiger partial charge in [-0.3, -0.25) is 10.2 Å². The molecule has 5 heteroatoms. The van der Waals surface area contributed by atoms with Gasteiger partial charge in [0, 0.05) is 0 Å². The fourth-order valence-corrected chi connectivity index (χ4v) is 1.01. The lowest BCUT2D eigenvalue weighted by atomic mass is 10.4. The van der Waals surface area contributed by atoms with E-state index < -0.39 is 0 Å². The molecule has 0 aromatic carbocycles. The molecule has 0 saturated heterocycles. The van der Waals surface area contributed by atoms with Crippen LogP contribution in [0, 0.1) is 4.64 Å². The number of H-pyrrole nitrogens is 2. The summed E-state index contributed by atoms with van der Waals surface area (Å²) >= 11 is 4.93. The summed E-state index contributed by atoms with van der Waals surface area (Å²) < 4.78 is 0.617. The van der Waals surface area contributed by atoms with Crippen LogP contribution in [0.1, 0.15) is 0 Å². The smallest absolute Gasteiger partial charge is 0.130 e. The number of fused-ring (bicyclic) bond motifs is 1. The van der Waals surface area contributed by atoms with Crippen LogP contribution in [-0.4, -0.2) is 20.4 Å². The summed E-state index contributed by atoms with van der Waals surface area (Å²) in [7, 11) is 0. The molecule has 0 aliphatic carbocycles. The minimum absolute atomic E-state index is 0.617. The van der Waals surface area contributed by atoms with Crippen LogP contribution < -0.4 is 0 Å². The van der Waals surface area contributed by atoms with Crippen LogP contribution in [0.2, 0.25) is 0 Å². The summed E-state index contributed by atoms with van der Waals surface area (Å²) in [5.74, 6) is 0. The van der Waals surface area contributed by atoms with Crippen molar-refractivity contribution in [3.05, 3.63) is 17.0 Å². The summed E-state index contributed by atoms with van der Waals surface area (Å²) in [5, 5.41) is 13.9. The van der Waals surface area contributed by atoms with Crippen molar-refractivity contribution in [2.45, 2.75) is 0 Å². The van der Waals surface area contributed by atoms with Gasteiger partial charge in [-0.25, -0.2) is 0 Å². The maximum Gasteiger partial charge on any atom is 0.130 e. The highest BCUT2D eigenvalue weighted by molar-refractivity contribution is 7.71. The molecule has 4 nitrogen and oxygen atoms in total. The second kappa shape index (κ2) is 1.88. The van der Waals surface area contributed by atoms with Gasteiger partial charge in [0.25, 0.3) is 0 Å². The molecular weight excluding hydrogens is 148 g/mol. The maximum atomic E-state index is 4.93. The van der Waals surface area contributed by atoms with Gasteiger partial charge in [0.15, 0.2) is 0 Å². The Morgan fingerprint density at radius 2 is 2.00 bits per heavy atom. The number of hydrogen-bond acceptors (Lipinski definition) is 3. The lowest BCUT2D eigenvalue weighted by Crippen LogP contribution is -1.79. The molecule has 2 rings (SSSR count). The first kappa shape index (κ1) is 5.55. The van der Waals surface area contributed by atoms with Crippen LogP contribution in [0.5, 0.6) is 0 Å². The van der Waals surface area contributed by atoms with Gasteiger partial charge >= 0.3 is 0 Å². The molecule has 0 radical (unpaired) electrons. The molecule has 0 saturated carbocycles. The number of nitrogens with one attached hydrogen (secondary N) is 2. The average molecular weight is 152 g/mol. The molecule has 0 atom stereocenters. The third kappa shape index (κ3) is 0.640. The van der Waals surface area contributed by atoms with Gasteiger partial charge < -0.3 is 0 Å². The van der Waals surface area contributed by atoms with Gasteiger partial charge in [-0.2, -0.15) is 10.2 Å². The minimum atomic E-state index is 0.617. The SMILES string of the molecule is S=c1[nH]ncc2[nH]ncc12. The number of rotatable bonds is 0. The summed E-state index contributed by atoms with van der Waals surface area (Å²) in [6.07, 6.45) is 3.33. The molecule has 2 heterocycles. The first-order chi connectivity index (χ1) is 4.88. The predicted octanol–water partition coefficient (Wildman–Crippen LogP) is 1.02. The Morgan fingerprint density at radius 1 is 1.20 bits per heavy atom. The molecule has 10 heavy (non-hydrogen) atoms. The van der Waals surface area contributed by atoms with Crippen molar-refractivity contribution < 1.29 is 0 Å². The standard InChI is InChI=1S/C5H4N4S/c10-5-3-1-6-8-4(3)2-7-9-5/h1-2H,(H,6,8)(H,9,10). The summed E-state index contributed by atoms with van der Waals surface area (Å²) in [4.78, 5) is 0. The molecular formula is C5H4N4S. The van der Waals surface area contributed by atoms with E-state index in [2.05, 4.69) is 20.4 Å². The lowest BCUT2D eigenvalue weighted by Gasteiger charge is -1.84. The molecule has 0 aliphatic heterocycles. The van der Waals surface area contributed by atoms with Crippen molar-refractivity contribution in [2.24, 2.45) is 0 Å². The second-order valence-electron chi connectivity index (χ2n) is 1.90. The van der Waals surface area contributed by atoms with E-state index in [0.717, 1.165) is 10.9 Å². The molecule has 0 amide bonds. The van der Waals surface area contributed by atoms with Crippen molar-refractivity contribution in [3.8, 4) is 0 Å². The van der Waals surface area contributed by atoms with Crippen molar-refractivity contribution in [2.75, 3.05) is 0 Å². The Bertz CT molecular complexity index is 401. The average Bonchev–Trinajstić information content (AvgIpc) is 2.36. The third-order valence-corrected chi connectivity index (χ3v) is 1.58. The highest BCUT2D eigenvalue weighted by atomic mass is 32.1. The molecule has 0 spiro atoms. The van der Waals surface area contributed by atoms with Crippen molar-refractivity contribution in [3.63, 3.8) is 0 Å². The zero-order valence-electron chi connectivity index (χ0n) is 4.96. The summed E-state index contributed by atoms with van der Waals surface area (Å²) in [5.41, 5.74) is 0.865. The fraction of sp³-hybridized carbons (Fsp3) is 0. The summed E-state index contributed by atoms with van der Waals surface area (Å²) in [6, 6.07) is 0. The zero-order valence-corrected chi connectivity index (χ0v) is 5.77. The van der Waals surface area contributed by atoms with Crippen molar-refractivity contribution >= 4 is 23.1 Å². The normalized spacial score (nSPS) is 10.4. The Kier molecular flexibility index (Phi) is 1.04. The Balaban J connectivity index is 3.09. The van der Waals surface area contributed by atoms with E-state index in [-0.39, 0.29) is 0 Å². The molecule has 50 valence electrons. The van der Waals surface area contributed by atoms with Crippen molar-refractivity contribution in [1.29, 1.82) is 0 Å². The zero-order chi connectivity index (χ0) is 6.97. The van der Waals surface area contributed by atoms with E-state index in [1.54, 1.807) is 12.4 Å². The summed E-state index contributed by atoms with van der Waals surface area (Å²) in [6.45, 7) is 0. The van der Waals surface area contributed by atoms with Gasteiger partial charge in [-0.15, -0.1) is 0 Å². The van der Waals surface area contributed by atoms with Gasteiger partial charge in [-0.1, -0.05) is 12.2 Å². The van der Waals surface area contributed by atoms with Crippen molar-refractivity contribution in [1.82, 2.24) is 20.4 Å². The van der Waals surface area contributed by atoms with Crippen LogP contribution >= 0.6 is 12.2 Å². The molecule has 0 fully saturated rings. The molecule has 2 N–H and O–H groups in total. The highest BCUT2D eigenvalue weighted by Gasteiger charge is 1.94. The van der Waals surface area contributed by atoms with E-state index in [4.69, 9.17) is 12.2 Å². The third-order valence-electron chi connectivity index (χ3n) is 1.27. The molecule has 2 aromatic rings. The fourth-order valence-electron chi connectivity index (χ4n) is 0.791. The molecule has 0 aliphatic rings. The van der Waals surface area contributed by atoms with E-state index in [1.165, 1.54) is 0 Å². The molecule has 2 aromatic heterocycles. The number of nitrogens with zero attached hydrogens (tertiary/aromatic N) is 2. The molecule has 0 bridgehead atoms. The first-order valence-electron chi connectivity index (χ1n) is 2.75. The van der Waals surface area contributed by atoms with Crippen LogP contribution in [0.15, 0.2) is 12.4 Å². The largest absolute Gasteiger partial charge is 0.276 e. The van der Waals surface area contributed by atoms with Gasteiger partial charge in [0.2, 0.25) is 0 Å². The first-order valence-corrected chi connectivity index (χ1v) is 3.15.